The number of hydrogen-bond donors (Lipinski definition) is 0. The van der Waals surface area contributed by atoms with Crippen LogP contribution in [0.1, 0.15) is 35.3 Å². The predicted octanol–water partition coefficient (Wildman–Crippen LogP) is 5.89. The number of benzene rings is 2. The first-order valence-corrected chi connectivity index (χ1v) is 12.1. The van der Waals surface area contributed by atoms with Crippen molar-refractivity contribution in [3.8, 4) is 11.5 Å². The van der Waals surface area contributed by atoms with Crippen LogP contribution in [0.3, 0.4) is 0 Å². The molecule has 0 aliphatic carbocycles. The van der Waals surface area contributed by atoms with Crippen LogP contribution in [0.25, 0.3) is 6.08 Å². The van der Waals surface area contributed by atoms with E-state index in [0.717, 1.165) is 26.7 Å². The summed E-state index contributed by atoms with van der Waals surface area (Å²) in [4.78, 5) is 39.2. The molecule has 6 nitrogen and oxygen atoms in total. The maximum atomic E-state index is 12.9. The summed E-state index contributed by atoms with van der Waals surface area (Å²) in [7, 11) is 0. The zero-order valence-electron chi connectivity index (χ0n) is 18.4. The Balaban J connectivity index is 1.87. The largest absolute Gasteiger partial charge is 0.490 e. The van der Waals surface area contributed by atoms with Gasteiger partial charge in [-0.2, -0.15) is 0 Å². The van der Waals surface area contributed by atoms with E-state index in [1.54, 1.807) is 42.5 Å². The third-order valence-corrected chi connectivity index (χ3v) is 6.18. The first-order chi connectivity index (χ1) is 15.9. The molecule has 1 aliphatic heterocycles. The lowest BCUT2D eigenvalue weighted by molar-refractivity contribution is -0.122. The van der Waals surface area contributed by atoms with E-state index >= 15 is 0 Å². The minimum atomic E-state index is -0.493. The topological polar surface area (TPSA) is 72.9 Å². The predicted molar refractivity (Wildman–Crippen MR) is 134 cm³/mol. The van der Waals surface area contributed by atoms with E-state index < -0.39 is 11.1 Å². The molecule has 0 spiro atoms. The quantitative estimate of drug-likeness (QED) is 0.217. The number of nitrogens with zero attached hydrogens (tertiary/aromatic N) is 1. The number of Topliss-reactive ketones (excluding diaryl/α,β-unsaturated/α-hetero) is 1. The second-order valence-electron chi connectivity index (χ2n) is 7.06. The van der Waals surface area contributed by atoms with Crippen molar-refractivity contribution in [3.63, 3.8) is 0 Å². The van der Waals surface area contributed by atoms with Gasteiger partial charge in [-0.1, -0.05) is 34.1 Å². The van der Waals surface area contributed by atoms with Gasteiger partial charge in [0.25, 0.3) is 11.1 Å². The number of allylic oxidation sites excluding steroid dienone is 1. The third kappa shape index (κ3) is 5.94. The van der Waals surface area contributed by atoms with Gasteiger partial charge in [-0.05, 0) is 67.9 Å². The Morgan fingerprint density at radius 1 is 1.12 bits per heavy atom. The Morgan fingerprint density at radius 2 is 1.82 bits per heavy atom. The number of carbonyl (C=O) groups excluding carboxylic acids is 3. The summed E-state index contributed by atoms with van der Waals surface area (Å²) in [5.74, 6) is 0.408. The Morgan fingerprint density at radius 3 is 2.45 bits per heavy atom. The molecule has 0 bridgehead atoms. The Kier molecular flexibility index (Phi) is 8.52. The van der Waals surface area contributed by atoms with Crippen LogP contribution in [0.15, 0.2) is 58.4 Å². The lowest BCUT2D eigenvalue weighted by Gasteiger charge is -2.16. The molecule has 0 N–H and O–H groups in total. The van der Waals surface area contributed by atoms with Crippen LogP contribution in [0.4, 0.5) is 4.79 Å². The molecule has 0 saturated carbocycles. The molecule has 0 unspecified atom stereocenters. The highest BCUT2D eigenvalue weighted by Crippen LogP contribution is 2.37. The van der Waals surface area contributed by atoms with Crippen LogP contribution >= 0.6 is 27.7 Å². The molecular formula is C25H24BrNO5S. The summed E-state index contributed by atoms with van der Waals surface area (Å²) < 4.78 is 12.4. The first-order valence-electron chi connectivity index (χ1n) is 10.4. The molecule has 2 aromatic carbocycles. The van der Waals surface area contributed by atoms with Crippen molar-refractivity contribution in [2.75, 3.05) is 19.8 Å². The van der Waals surface area contributed by atoms with Crippen LogP contribution in [0.2, 0.25) is 0 Å². The van der Waals surface area contributed by atoms with Crippen molar-refractivity contribution < 1.29 is 23.9 Å². The molecule has 8 heteroatoms. The van der Waals surface area contributed by atoms with Crippen LogP contribution in [-0.2, 0) is 11.2 Å². The number of ketones is 1. The number of hydrogen-bond acceptors (Lipinski definition) is 6. The van der Waals surface area contributed by atoms with Crippen molar-refractivity contribution in [3.05, 3.63) is 75.1 Å². The fraction of sp³-hybridized carbons (Fsp3) is 0.240. The Bertz CT molecular complexity index is 1110. The number of thioether (sulfide) groups is 1. The summed E-state index contributed by atoms with van der Waals surface area (Å²) in [5, 5.41) is -0.473. The van der Waals surface area contributed by atoms with E-state index in [0.29, 0.717) is 42.3 Å². The third-order valence-electron chi connectivity index (χ3n) is 4.75. The van der Waals surface area contributed by atoms with Gasteiger partial charge in [0.05, 0.1) is 24.7 Å². The van der Waals surface area contributed by atoms with Gasteiger partial charge in [0.15, 0.2) is 17.3 Å². The molecule has 2 amide bonds. The summed E-state index contributed by atoms with van der Waals surface area (Å²) >= 11 is 4.14. The molecule has 1 aliphatic rings. The standard InChI is InChI=1S/C25H24BrNO5S/c1-4-7-18-12-16(13-21(31-5-2)23(18)32-6-3)14-22-24(29)27(25(30)33-22)15-20(28)17-8-10-19(26)11-9-17/h4,8-14H,1,5-7,15H2,2-3H3/b22-14+. The average molecular weight is 530 g/mol. The summed E-state index contributed by atoms with van der Waals surface area (Å²) in [6, 6.07) is 10.4. The smallest absolute Gasteiger partial charge is 0.293 e. The molecule has 0 atom stereocenters. The normalized spacial score (nSPS) is 14.6. The monoisotopic (exact) mass is 529 g/mol. The maximum Gasteiger partial charge on any atom is 0.293 e. The molecule has 1 fully saturated rings. The van der Waals surface area contributed by atoms with Crippen LogP contribution in [0, 0.1) is 0 Å². The highest BCUT2D eigenvalue weighted by atomic mass is 79.9. The summed E-state index contributed by atoms with van der Waals surface area (Å²) in [6.45, 7) is 8.20. The van der Waals surface area contributed by atoms with Gasteiger partial charge in [0.1, 0.15) is 0 Å². The number of imide groups is 1. The van der Waals surface area contributed by atoms with Gasteiger partial charge in [0, 0.05) is 15.6 Å². The molecule has 2 aromatic rings. The maximum absolute atomic E-state index is 12.9. The van der Waals surface area contributed by atoms with E-state index in [4.69, 9.17) is 9.47 Å². The number of ether oxygens (including phenoxy) is 2. The molecule has 1 saturated heterocycles. The van der Waals surface area contributed by atoms with E-state index in [9.17, 15) is 14.4 Å². The first kappa shape index (κ1) is 24.8. The number of amides is 2. The van der Waals surface area contributed by atoms with E-state index in [1.165, 1.54) is 0 Å². The van der Waals surface area contributed by atoms with Crippen molar-refractivity contribution in [1.29, 1.82) is 0 Å². The fourth-order valence-corrected chi connectivity index (χ4v) is 4.41. The van der Waals surface area contributed by atoms with Gasteiger partial charge in [0.2, 0.25) is 0 Å². The SMILES string of the molecule is C=CCc1cc(/C=C2/SC(=O)N(CC(=O)c3ccc(Br)cc3)C2=O)cc(OCC)c1OCC. The lowest BCUT2D eigenvalue weighted by Crippen LogP contribution is -2.33. The van der Waals surface area contributed by atoms with Crippen molar-refractivity contribution in [2.45, 2.75) is 20.3 Å². The molecule has 172 valence electrons. The van der Waals surface area contributed by atoms with Gasteiger partial charge >= 0.3 is 0 Å². The molecule has 0 aromatic heterocycles. The van der Waals surface area contributed by atoms with Gasteiger partial charge in [-0.3, -0.25) is 19.3 Å². The van der Waals surface area contributed by atoms with Crippen LogP contribution < -0.4 is 9.47 Å². The molecule has 1 heterocycles. The van der Waals surface area contributed by atoms with Crippen molar-refractivity contribution >= 4 is 50.7 Å². The average Bonchev–Trinajstić information content (AvgIpc) is 3.04. The lowest BCUT2D eigenvalue weighted by atomic mass is 10.0. The highest BCUT2D eigenvalue weighted by molar-refractivity contribution is 9.10. The second kappa shape index (κ2) is 11.3. The molecule has 0 radical (unpaired) electrons. The Labute approximate surface area is 205 Å². The minimum Gasteiger partial charge on any atom is -0.490 e. The number of carbonyl (C=O) groups is 3. The second-order valence-corrected chi connectivity index (χ2v) is 8.97. The van der Waals surface area contributed by atoms with Crippen LogP contribution in [-0.4, -0.2) is 41.6 Å². The minimum absolute atomic E-state index is 0.250. The summed E-state index contributed by atoms with van der Waals surface area (Å²) in [5.41, 5.74) is 2.00. The molecule has 33 heavy (non-hydrogen) atoms. The molecule has 3 rings (SSSR count). The van der Waals surface area contributed by atoms with E-state index in [2.05, 4.69) is 22.5 Å². The Hall–Kier alpha value is -2.84. The van der Waals surface area contributed by atoms with Gasteiger partial charge in [-0.15, -0.1) is 6.58 Å². The van der Waals surface area contributed by atoms with Gasteiger partial charge in [-0.25, -0.2) is 0 Å². The molecular weight excluding hydrogens is 506 g/mol. The van der Waals surface area contributed by atoms with Crippen LogP contribution in [0.5, 0.6) is 11.5 Å². The van der Waals surface area contributed by atoms with Gasteiger partial charge < -0.3 is 9.47 Å². The highest BCUT2D eigenvalue weighted by Gasteiger charge is 2.36. The zero-order chi connectivity index (χ0) is 24.0. The van der Waals surface area contributed by atoms with Crippen molar-refractivity contribution in [1.82, 2.24) is 4.90 Å². The zero-order valence-corrected chi connectivity index (χ0v) is 20.8. The van der Waals surface area contributed by atoms with E-state index in [1.807, 2.05) is 19.9 Å². The summed E-state index contributed by atoms with van der Waals surface area (Å²) in [6.07, 6.45) is 3.96. The van der Waals surface area contributed by atoms with Crippen molar-refractivity contribution in [2.24, 2.45) is 0 Å². The fourth-order valence-electron chi connectivity index (χ4n) is 3.30. The van der Waals surface area contributed by atoms with E-state index in [-0.39, 0.29) is 17.2 Å². The number of rotatable bonds is 10. The number of halogens is 1.